The van der Waals surface area contributed by atoms with Crippen LogP contribution in [0.3, 0.4) is 0 Å². The second-order valence-corrected chi connectivity index (χ2v) is 6.79. The van der Waals surface area contributed by atoms with E-state index in [1.165, 1.54) is 17.9 Å². The van der Waals surface area contributed by atoms with Crippen molar-refractivity contribution in [3.8, 4) is 0 Å². The van der Waals surface area contributed by atoms with Gasteiger partial charge in [0.15, 0.2) is 0 Å². The fraction of sp³-hybridized carbons (Fsp3) is 1.00. The summed E-state index contributed by atoms with van der Waals surface area (Å²) in [5, 5.41) is 0. The Kier molecular flexibility index (Phi) is 1.78. The van der Waals surface area contributed by atoms with Crippen LogP contribution < -0.4 is 0 Å². The minimum absolute atomic E-state index is 0.821. The summed E-state index contributed by atoms with van der Waals surface area (Å²) in [4.78, 5) is 0. The fourth-order valence-electron chi connectivity index (χ4n) is 4.38. The quantitative estimate of drug-likeness (QED) is 0.572. The van der Waals surface area contributed by atoms with Crippen LogP contribution in [-0.2, 0) is 0 Å². The van der Waals surface area contributed by atoms with E-state index >= 15 is 0 Å². The third kappa shape index (κ3) is 1.00. The van der Waals surface area contributed by atoms with Crippen LogP contribution in [0.4, 0.5) is 0 Å². The van der Waals surface area contributed by atoms with Crippen molar-refractivity contribution in [1.29, 1.82) is 0 Å². The molecule has 0 aromatic rings. The van der Waals surface area contributed by atoms with E-state index in [-0.39, 0.29) is 0 Å². The second kappa shape index (κ2) is 2.68. The van der Waals surface area contributed by atoms with Crippen molar-refractivity contribution in [2.24, 2.45) is 29.1 Å². The molecule has 0 radical (unpaired) electrons. The van der Waals surface area contributed by atoms with E-state index in [4.69, 9.17) is 0 Å². The smallest absolute Gasteiger partial charge is 0.000764 e. The number of hydrogen-bond acceptors (Lipinski definition) is 1. The summed E-state index contributed by atoms with van der Waals surface area (Å²) in [6.07, 6.45) is 4.69. The molecule has 3 fully saturated rings. The first-order valence-corrected chi connectivity index (χ1v) is 6.96. The lowest BCUT2D eigenvalue weighted by atomic mass is 9.65. The van der Waals surface area contributed by atoms with E-state index in [1.807, 2.05) is 0 Å². The minimum atomic E-state index is 0.821. The summed E-state index contributed by atoms with van der Waals surface area (Å²) in [5.41, 5.74) is 0.821. The largest absolute Gasteiger partial charge is 0.161 e. The van der Waals surface area contributed by atoms with E-state index in [9.17, 15) is 0 Å². The van der Waals surface area contributed by atoms with E-state index in [1.54, 1.807) is 12.8 Å². The van der Waals surface area contributed by atoms with Gasteiger partial charge in [0.25, 0.3) is 0 Å². The number of hydrogen-bond donors (Lipinski definition) is 0. The number of fused-ring (bicyclic) bond motifs is 3. The van der Waals surface area contributed by atoms with Gasteiger partial charge < -0.3 is 0 Å². The zero-order chi connectivity index (χ0) is 9.05. The van der Waals surface area contributed by atoms with Gasteiger partial charge in [0.1, 0.15) is 0 Å². The van der Waals surface area contributed by atoms with Crippen molar-refractivity contribution in [1.82, 2.24) is 0 Å². The lowest BCUT2D eigenvalue weighted by molar-refractivity contribution is 0.107. The Hall–Kier alpha value is 0.350. The van der Waals surface area contributed by atoms with Crippen LogP contribution in [0.1, 0.15) is 33.1 Å². The molecule has 3 aliphatic rings. The summed E-state index contributed by atoms with van der Waals surface area (Å²) in [6, 6.07) is 0. The van der Waals surface area contributed by atoms with Crippen molar-refractivity contribution in [3.05, 3.63) is 0 Å². The molecule has 0 N–H and O–H groups in total. The van der Waals surface area contributed by atoms with Gasteiger partial charge in [-0.05, 0) is 59.9 Å². The molecular formula is C12H20S. The standard InChI is InChI=1S/C12H20S/c1-8-9(2)11-5-10(8)6-12(11)3-4-13-7-12/h8-11H,3-7H2,1-2H3. The molecule has 0 nitrogen and oxygen atoms in total. The van der Waals surface area contributed by atoms with Crippen molar-refractivity contribution in [2.75, 3.05) is 11.5 Å². The van der Waals surface area contributed by atoms with Crippen LogP contribution >= 0.6 is 11.8 Å². The molecule has 1 heterocycles. The molecule has 2 bridgehead atoms. The molecule has 2 aliphatic carbocycles. The SMILES string of the molecule is CC1C2CC(C1C)C1(CCSC1)C2. The normalized spacial score (nSPS) is 59.5. The zero-order valence-corrected chi connectivity index (χ0v) is 9.57. The third-order valence-electron chi connectivity index (χ3n) is 5.35. The Labute approximate surface area is 85.9 Å². The number of rotatable bonds is 0. The summed E-state index contributed by atoms with van der Waals surface area (Å²) < 4.78 is 0. The highest BCUT2D eigenvalue weighted by Crippen LogP contribution is 2.65. The highest BCUT2D eigenvalue weighted by molar-refractivity contribution is 7.99. The second-order valence-electron chi connectivity index (χ2n) is 5.69. The Bertz CT molecular complexity index is 215. The van der Waals surface area contributed by atoms with E-state index < -0.39 is 0 Å². The van der Waals surface area contributed by atoms with Crippen LogP contribution in [0.2, 0.25) is 0 Å². The molecule has 3 rings (SSSR count). The predicted molar refractivity (Wildman–Crippen MR) is 58.9 cm³/mol. The third-order valence-corrected chi connectivity index (χ3v) is 6.63. The van der Waals surface area contributed by atoms with Crippen molar-refractivity contribution < 1.29 is 0 Å². The molecular weight excluding hydrogens is 176 g/mol. The lowest BCUT2D eigenvalue weighted by Gasteiger charge is -2.40. The highest BCUT2D eigenvalue weighted by Gasteiger charge is 2.57. The molecule has 1 heteroatoms. The zero-order valence-electron chi connectivity index (χ0n) is 8.75. The Morgan fingerprint density at radius 3 is 2.62 bits per heavy atom. The molecule has 2 saturated carbocycles. The predicted octanol–water partition coefficient (Wildman–Crippen LogP) is 3.42. The molecule has 1 saturated heterocycles. The number of thioether (sulfide) groups is 1. The summed E-state index contributed by atoms with van der Waals surface area (Å²) >= 11 is 2.21. The molecule has 74 valence electrons. The first kappa shape index (κ1) is 8.64. The maximum absolute atomic E-state index is 2.51. The summed E-state index contributed by atoms with van der Waals surface area (Å²) in [6.45, 7) is 5.00. The van der Waals surface area contributed by atoms with Gasteiger partial charge >= 0.3 is 0 Å². The van der Waals surface area contributed by atoms with Gasteiger partial charge in [0, 0.05) is 0 Å². The van der Waals surface area contributed by atoms with Gasteiger partial charge in [-0.15, -0.1) is 0 Å². The monoisotopic (exact) mass is 196 g/mol. The molecule has 5 atom stereocenters. The minimum Gasteiger partial charge on any atom is -0.161 e. The first-order chi connectivity index (χ1) is 6.23. The Balaban J connectivity index is 1.89. The lowest BCUT2D eigenvalue weighted by Crippen LogP contribution is -2.35. The van der Waals surface area contributed by atoms with Gasteiger partial charge in [-0.1, -0.05) is 13.8 Å². The Morgan fingerprint density at radius 2 is 2.08 bits per heavy atom. The van der Waals surface area contributed by atoms with E-state index in [0.717, 1.165) is 29.1 Å². The Morgan fingerprint density at radius 1 is 1.23 bits per heavy atom. The fourth-order valence-corrected chi connectivity index (χ4v) is 5.96. The average Bonchev–Trinajstić information content (AvgIpc) is 2.76. The summed E-state index contributed by atoms with van der Waals surface area (Å²) in [7, 11) is 0. The van der Waals surface area contributed by atoms with Crippen molar-refractivity contribution >= 4 is 11.8 Å². The van der Waals surface area contributed by atoms with Crippen molar-refractivity contribution in [3.63, 3.8) is 0 Å². The van der Waals surface area contributed by atoms with Gasteiger partial charge in [-0.2, -0.15) is 11.8 Å². The van der Waals surface area contributed by atoms with Crippen LogP contribution in [0.15, 0.2) is 0 Å². The molecule has 0 aromatic carbocycles. The van der Waals surface area contributed by atoms with Gasteiger partial charge in [0.05, 0.1) is 0 Å². The highest BCUT2D eigenvalue weighted by atomic mass is 32.2. The maximum Gasteiger partial charge on any atom is -0.000764 e. The van der Waals surface area contributed by atoms with E-state index in [2.05, 4.69) is 25.6 Å². The molecule has 1 aliphatic heterocycles. The van der Waals surface area contributed by atoms with E-state index in [0.29, 0.717) is 0 Å². The van der Waals surface area contributed by atoms with Gasteiger partial charge in [-0.3, -0.25) is 0 Å². The summed E-state index contributed by atoms with van der Waals surface area (Å²) in [5.74, 6) is 7.19. The molecule has 5 unspecified atom stereocenters. The van der Waals surface area contributed by atoms with Gasteiger partial charge in [0.2, 0.25) is 0 Å². The van der Waals surface area contributed by atoms with Crippen LogP contribution in [0.5, 0.6) is 0 Å². The average molecular weight is 196 g/mol. The first-order valence-electron chi connectivity index (χ1n) is 5.81. The van der Waals surface area contributed by atoms with Crippen molar-refractivity contribution in [2.45, 2.75) is 33.1 Å². The molecule has 13 heavy (non-hydrogen) atoms. The molecule has 0 amide bonds. The van der Waals surface area contributed by atoms with Gasteiger partial charge in [-0.25, -0.2) is 0 Å². The topological polar surface area (TPSA) is 0 Å². The van der Waals surface area contributed by atoms with Crippen LogP contribution in [-0.4, -0.2) is 11.5 Å². The van der Waals surface area contributed by atoms with Crippen LogP contribution in [0, 0.1) is 29.1 Å². The molecule has 1 spiro atoms. The van der Waals surface area contributed by atoms with Crippen LogP contribution in [0.25, 0.3) is 0 Å². The maximum atomic E-state index is 2.51. The molecule has 0 aromatic heterocycles.